The van der Waals surface area contributed by atoms with Gasteiger partial charge < -0.3 is 16.0 Å². The third kappa shape index (κ3) is 5.14. The van der Waals surface area contributed by atoms with Crippen LogP contribution < -0.4 is 11.1 Å². The molecule has 4 rings (SSSR count). The Morgan fingerprint density at radius 2 is 1.85 bits per heavy atom. The Bertz CT molecular complexity index is 1020. The molecule has 33 heavy (non-hydrogen) atoms. The molecule has 2 heterocycles. The number of hydrogen-bond acceptors (Lipinski definition) is 5. The number of nitriles is 1. The molecule has 2 aromatic rings. The Morgan fingerprint density at radius 3 is 2.45 bits per heavy atom. The van der Waals surface area contributed by atoms with Crippen molar-refractivity contribution in [1.82, 2.24) is 14.7 Å². The quantitative estimate of drug-likeness (QED) is 0.686. The van der Waals surface area contributed by atoms with E-state index in [1.165, 1.54) is 37.6 Å². The fourth-order valence-electron chi connectivity index (χ4n) is 4.92. The molecule has 3 N–H and O–H groups in total. The molecule has 3 atom stereocenters. The van der Waals surface area contributed by atoms with Crippen LogP contribution in [0.4, 0.5) is 24.7 Å². The predicted molar refractivity (Wildman–Crippen MR) is 117 cm³/mol. The van der Waals surface area contributed by atoms with E-state index in [2.05, 4.69) is 21.4 Å². The van der Waals surface area contributed by atoms with E-state index in [4.69, 9.17) is 5.73 Å². The van der Waals surface area contributed by atoms with Crippen molar-refractivity contribution in [1.29, 1.82) is 5.26 Å². The summed E-state index contributed by atoms with van der Waals surface area (Å²) in [5, 5.41) is 17.2. The Morgan fingerprint density at radius 1 is 1.15 bits per heavy atom. The Kier molecular flexibility index (Phi) is 6.61. The number of likely N-dealkylation sites (tertiary alicyclic amines) is 1. The lowest BCUT2D eigenvalue weighted by atomic mass is 9.81. The molecule has 2 aliphatic rings. The normalized spacial score (nSPS) is 24.2. The van der Waals surface area contributed by atoms with Gasteiger partial charge in [0.2, 0.25) is 0 Å². The van der Waals surface area contributed by atoms with Crippen LogP contribution in [-0.4, -0.2) is 39.7 Å². The van der Waals surface area contributed by atoms with Crippen LogP contribution in [0.2, 0.25) is 0 Å². The number of nitrogens with two attached hydrogens (primary N) is 1. The SMILES string of the molecule is N#CC1CC(N2CCCCC2)CCC1n1cc(C(N)=O)c(Nc2ccc(C(F)(F)F)cc2)n1. The topological polar surface area (TPSA) is 100.0 Å². The van der Waals surface area contributed by atoms with Crippen molar-refractivity contribution in [2.75, 3.05) is 18.4 Å². The molecule has 3 unspecified atom stereocenters. The molecule has 0 radical (unpaired) electrons. The first-order valence-electron chi connectivity index (χ1n) is 11.2. The number of nitrogens with one attached hydrogen (secondary N) is 1. The zero-order valence-electron chi connectivity index (χ0n) is 18.2. The number of alkyl halides is 3. The van der Waals surface area contributed by atoms with E-state index in [0.717, 1.165) is 44.5 Å². The number of aromatic nitrogens is 2. The van der Waals surface area contributed by atoms with Gasteiger partial charge in [0.1, 0.15) is 5.56 Å². The zero-order chi connectivity index (χ0) is 23.6. The minimum Gasteiger partial charge on any atom is -0.365 e. The predicted octanol–water partition coefficient (Wildman–Crippen LogP) is 4.46. The first-order valence-corrected chi connectivity index (χ1v) is 11.2. The second-order valence-corrected chi connectivity index (χ2v) is 8.80. The summed E-state index contributed by atoms with van der Waals surface area (Å²) < 4.78 is 40.1. The standard InChI is InChI=1S/C23H27F3N6O/c24-23(25,26)16-4-6-17(7-5-16)29-22-19(21(28)33)14-32(30-22)20-9-8-18(12-15(20)13-27)31-10-2-1-3-11-31/h4-7,14-15,18,20H,1-3,8-12H2,(H2,28,33)(H,29,30). The maximum Gasteiger partial charge on any atom is 0.416 e. The molecule has 0 spiro atoms. The minimum atomic E-state index is -4.43. The largest absolute Gasteiger partial charge is 0.416 e. The summed E-state index contributed by atoms with van der Waals surface area (Å²) in [5.41, 5.74) is 5.24. The first-order chi connectivity index (χ1) is 15.8. The van der Waals surface area contributed by atoms with E-state index in [0.29, 0.717) is 11.7 Å². The monoisotopic (exact) mass is 460 g/mol. The number of carbonyl (C=O) groups is 1. The van der Waals surface area contributed by atoms with E-state index in [9.17, 15) is 23.2 Å². The molecule has 1 saturated heterocycles. The maximum atomic E-state index is 12.8. The number of rotatable bonds is 5. The molecule has 1 aromatic heterocycles. The summed E-state index contributed by atoms with van der Waals surface area (Å²) in [7, 11) is 0. The fraction of sp³-hybridized carbons (Fsp3) is 0.522. The minimum absolute atomic E-state index is 0.129. The number of nitrogens with zero attached hydrogens (tertiary/aromatic N) is 4. The third-order valence-corrected chi connectivity index (χ3v) is 6.67. The molecule has 0 bridgehead atoms. The summed E-state index contributed by atoms with van der Waals surface area (Å²) in [6, 6.07) is 7.05. The number of anilines is 2. The number of piperidine rings is 1. The van der Waals surface area contributed by atoms with Crippen molar-refractivity contribution in [3.63, 3.8) is 0 Å². The number of primary amides is 1. The summed E-state index contributed by atoms with van der Waals surface area (Å²) >= 11 is 0. The lowest BCUT2D eigenvalue weighted by Gasteiger charge is -2.40. The number of hydrogen-bond donors (Lipinski definition) is 2. The lowest BCUT2D eigenvalue weighted by molar-refractivity contribution is -0.137. The van der Waals surface area contributed by atoms with Gasteiger partial charge in [0, 0.05) is 17.9 Å². The molecule has 10 heteroatoms. The van der Waals surface area contributed by atoms with E-state index in [1.54, 1.807) is 4.68 Å². The molecule has 1 saturated carbocycles. The van der Waals surface area contributed by atoms with Crippen LogP contribution in [0.1, 0.15) is 60.5 Å². The van der Waals surface area contributed by atoms with Crippen molar-refractivity contribution in [2.24, 2.45) is 11.7 Å². The van der Waals surface area contributed by atoms with Crippen LogP contribution in [0.5, 0.6) is 0 Å². The smallest absolute Gasteiger partial charge is 0.365 e. The molecular formula is C23H27F3N6O. The van der Waals surface area contributed by atoms with Crippen molar-refractivity contribution in [3.8, 4) is 6.07 Å². The van der Waals surface area contributed by atoms with Crippen LogP contribution in [0.3, 0.4) is 0 Å². The molecule has 1 amide bonds. The molecule has 2 fully saturated rings. The summed E-state index contributed by atoms with van der Waals surface area (Å²) in [5.74, 6) is -0.798. The molecule has 7 nitrogen and oxygen atoms in total. The van der Waals surface area contributed by atoms with Crippen LogP contribution in [0.25, 0.3) is 0 Å². The van der Waals surface area contributed by atoms with Crippen molar-refractivity contribution < 1.29 is 18.0 Å². The third-order valence-electron chi connectivity index (χ3n) is 6.67. The summed E-state index contributed by atoms with van der Waals surface area (Å²) in [6.07, 6.45) is 3.17. The second kappa shape index (κ2) is 9.43. The van der Waals surface area contributed by atoms with Gasteiger partial charge in [0.15, 0.2) is 5.82 Å². The molecule has 1 aromatic carbocycles. The Hall–Kier alpha value is -3.06. The highest BCUT2D eigenvalue weighted by Gasteiger charge is 2.36. The van der Waals surface area contributed by atoms with Crippen LogP contribution >= 0.6 is 0 Å². The summed E-state index contributed by atoms with van der Waals surface area (Å²) in [6.45, 7) is 2.14. The van der Waals surface area contributed by atoms with Gasteiger partial charge in [-0.15, -0.1) is 0 Å². The summed E-state index contributed by atoms with van der Waals surface area (Å²) in [4.78, 5) is 14.5. The van der Waals surface area contributed by atoms with E-state index in [-0.39, 0.29) is 23.3 Å². The fourth-order valence-corrected chi connectivity index (χ4v) is 4.92. The van der Waals surface area contributed by atoms with Gasteiger partial charge >= 0.3 is 6.18 Å². The highest BCUT2D eigenvalue weighted by atomic mass is 19.4. The second-order valence-electron chi connectivity index (χ2n) is 8.80. The number of halogens is 3. The van der Waals surface area contributed by atoms with E-state index >= 15 is 0 Å². The number of benzene rings is 1. The lowest BCUT2D eigenvalue weighted by Crippen LogP contribution is -2.44. The van der Waals surface area contributed by atoms with Gasteiger partial charge in [-0.3, -0.25) is 9.48 Å². The first kappa shape index (κ1) is 23.1. The van der Waals surface area contributed by atoms with E-state index < -0.39 is 17.6 Å². The van der Waals surface area contributed by atoms with Crippen molar-refractivity contribution in [2.45, 2.75) is 56.8 Å². The highest BCUT2D eigenvalue weighted by molar-refractivity contribution is 5.98. The van der Waals surface area contributed by atoms with Gasteiger partial charge in [-0.1, -0.05) is 6.42 Å². The van der Waals surface area contributed by atoms with Gasteiger partial charge in [-0.25, -0.2) is 0 Å². The van der Waals surface area contributed by atoms with Gasteiger partial charge in [0.25, 0.3) is 5.91 Å². The van der Waals surface area contributed by atoms with Crippen LogP contribution in [0, 0.1) is 17.2 Å². The number of carbonyl (C=O) groups excluding carboxylic acids is 1. The Balaban J connectivity index is 1.52. The van der Waals surface area contributed by atoms with Crippen molar-refractivity contribution >= 4 is 17.4 Å². The van der Waals surface area contributed by atoms with Gasteiger partial charge in [0.05, 0.1) is 23.6 Å². The van der Waals surface area contributed by atoms with Crippen LogP contribution in [-0.2, 0) is 6.18 Å². The molecule has 176 valence electrons. The molecule has 1 aliphatic carbocycles. The highest BCUT2D eigenvalue weighted by Crippen LogP contribution is 2.37. The van der Waals surface area contributed by atoms with Gasteiger partial charge in [-0.05, 0) is 69.5 Å². The average molecular weight is 461 g/mol. The molecular weight excluding hydrogens is 433 g/mol. The average Bonchev–Trinajstić information content (AvgIpc) is 3.23. The Labute approximate surface area is 190 Å². The van der Waals surface area contributed by atoms with E-state index in [1.807, 2.05) is 0 Å². The molecule has 1 aliphatic heterocycles. The number of amides is 1. The van der Waals surface area contributed by atoms with Gasteiger partial charge in [-0.2, -0.15) is 23.5 Å². The van der Waals surface area contributed by atoms with Crippen molar-refractivity contribution in [3.05, 3.63) is 41.6 Å². The maximum absolute atomic E-state index is 12.8. The van der Waals surface area contributed by atoms with Crippen LogP contribution in [0.15, 0.2) is 30.5 Å². The zero-order valence-corrected chi connectivity index (χ0v) is 18.2.